The fraction of sp³-hybridized carbons (Fsp3) is 0.333. The highest BCUT2D eigenvalue weighted by atomic mass is 15.3. The van der Waals surface area contributed by atoms with Gasteiger partial charge in [0.2, 0.25) is 0 Å². The smallest absolute Gasteiger partial charge is 0.191 e. The molecular weight excluding hydrogens is 350 g/mol. The van der Waals surface area contributed by atoms with Crippen LogP contribution < -0.4 is 10.6 Å². The summed E-state index contributed by atoms with van der Waals surface area (Å²) in [6.45, 7) is 5.02. The molecule has 0 bridgehead atoms. The summed E-state index contributed by atoms with van der Waals surface area (Å²) in [4.78, 5) is 9.09. The number of hydrogen-bond acceptors (Lipinski definition) is 4. The number of nitrogens with zero attached hydrogens (tertiary/aromatic N) is 5. The fourth-order valence-electron chi connectivity index (χ4n) is 2.82. The van der Waals surface area contributed by atoms with Crippen LogP contribution in [0.1, 0.15) is 24.0 Å². The molecule has 0 aliphatic carbocycles. The molecule has 2 aromatic heterocycles. The molecule has 7 heteroatoms. The third-order valence-corrected chi connectivity index (χ3v) is 4.32. The van der Waals surface area contributed by atoms with E-state index in [1.807, 2.05) is 42.6 Å². The van der Waals surface area contributed by atoms with Crippen LogP contribution in [-0.4, -0.2) is 38.8 Å². The van der Waals surface area contributed by atoms with E-state index >= 15 is 0 Å². The van der Waals surface area contributed by atoms with Crippen molar-refractivity contribution < 1.29 is 0 Å². The maximum Gasteiger partial charge on any atom is 0.191 e. The van der Waals surface area contributed by atoms with Gasteiger partial charge < -0.3 is 15.2 Å². The summed E-state index contributed by atoms with van der Waals surface area (Å²) in [6.07, 6.45) is 5.31. The van der Waals surface area contributed by atoms with Gasteiger partial charge in [-0.3, -0.25) is 4.98 Å². The van der Waals surface area contributed by atoms with Crippen molar-refractivity contribution in [2.75, 3.05) is 13.1 Å². The maximum absolute atomic E-state index is 4.72. The van der Waals surface area contributed by atoms with Gasteiger partial charge in [-0.25, -0.2) is 4.99 Å². The van der Waals surface area contributed by atoms with E-state index in [-0.39, 0.29) is 0 Å². The Balaban J connectivity index is 1.55. The van der Waals surface area contributed by atoms with Gasteiger partial charge in [-0.15, -0.1) is 10.2 Å². The van der Waals surface area contributed by atoms with Gasteiger partial charge in [0, 0.05) is 44.4 Å². The molecular formula is C21H27N7. The number of hydrogen-bond donors (Lipinski definition) is 2. The molecule has 0 fully saturated rings. The average Bonchev–Trinajstić information content (AvgIpc) is 3.20. The molecule has 1 aromatic carbocycles. The number of aryl methyl sites for hydroxylation is 1. The molecule has 28 heavy (non-hydrogen) atoms. The normalized spacial score (nSPS) is 11.4. The summed E-state index contributed by atoms with van der Waals surface area (Å²) in [5.74, 6) is 1.79. The summed E-state index contributed by atoms with van der Waals surface area (Å²) < 4.78 is 2.07. The van der Waals surface area contributed by atoms with Gasteiger partial charge in [0.05, 0.1) is 6.54 Å². The highest BCUT2D eigenvalue weighted by molar-refractivity contribution is 5.79. The largest absolute Gasteiger partial charge is 0.356 e. The maximum atomic E-state index is 4.72. The minimum absolute atomic E-state index is 0.632. The number of pyridine rings is 1. The Morgan fingerprint density at radius 2 is 1.86 bits per heavy atom. The average molecular weight is 377 g/mol. The van der Waals surface area contributed by atoms with Crippen molar-refractivity contribution in [3.05, 3.63) is 78.1 Å². The molecule has 3 rings (SSSR count). The van der Waals surface area contributed by atoms with Crippen LogP contribution in [0, 0.1) is 0 Å². The van der Waals surface area contributed by atoms with Crippen molar-refractivity contribution in [2.24, 2.45) is 4.99 Å². The summed E-state index contributed by atoms with van der Waals surface area (Å²) in [6, 6.07) is 16.2. The topological polar surface area (TPSA) is 80.0 Å². The molecule has 3 aromatic rings. The van der Waals surface area contributed by atoms with Crippen molar-refractivity contribution >= 4 is 5.96 Å². The van der Waals surface area contributed by atoms with Crippen LogP contribution in [0.3, 0.4) is 0 Å². The Bertz CT molecular complexity index is 843. The summed E-state index contributed by atoms with van der Waals surface area (Å²) >= 11 is 0. The van der Waals surface area contributed by atoms with Crippen molar-refractivity contribution in [2.45, 2.75) is 32.9 Å². The fourth-order valence-corrected chi connectivity index (χ4v) is 2.82. The molecule has 0 unspecified atom stereocenters. The van der Waals surface area contributed by atoms with Crippen LogP contribution in [-0.2, 0) is 25.9 Å². The zero-order valence-corrected chi connectivity index (χ0v) is 16.3. The Morgan fingerprint density at radius 3 is 2.64 bits per heavy atom. The molecule has 2 heterocycles. The third-order valence-electron chi connectivity index (χ3n) is 4.32. The van der Waals surface area contributed by atoms with Gasteiger partial charge in [-0.1, -0.05) is 43.3 Å². The second kappa shape index (κ2) is 10.8. The predicted molar refractivity (Wildman–Crippen MR) is 111 cm³/mol. The van der Waals surface area contributed by atoms with E-state index in [9.17, 15) is 0 Å². The lowest BCUT2D eigenvalue weighted by Gasteiger charge is -2.13. The van der Waals surface area contributed by atoms with Gasteiger partial charge in [-0.05, 0) is 17.7 Å². The molecule has 0 aliphatic heterocycles. The minimum atomic E-state index is 0.632. The van der Waals surface area contributed by atoms with Gasteiger partial charge >= 0.3 is 0 Å². The molecule has 2 N–H and O–H groups in total. The quantitative estimate of drug-likeness (QED) is 0.441. The van der Waals surface area contributed by atoms with Crippen LogP contribution in [0.5, 0.6) is 0 Å². The van der Waals surface area contributed by atoms with Crippen molar-refractivity contribution in [3.63, 3.8) is 0 Å². The molecule has 146 valence electrons. The minimum Gasteiger partial charge on any atom is -0.356 e. The standard InChI is InChI=1S/C21H27N7/c1-2-20-27-26-17-28(20)15-14-24-21(25-16-18-8-4-3-5-9-18)23-13-11-19-10-6-7-12-22-19/h3-10,12,17H,2,11,13-16H2,1H3,(H2,23,24,25). The number of aromatic nitrogens is 4. The van der Waals surface area contributed by atoms with Crippen molar-refractivity contribution in [1.82, 2.24) is 30.4 Å². The molecule has 0 amide bonds. The Hall–Kier alpha value is -3.22. The number of benzene rings is 1. The molecule has 0 saturated carbocycles. The highest BCUT2D eigenvalue weighted by Crippen LogP contribution is 2.00. The second-order valence-corrected chi connectivity index (χ2v) is 6.37. The molecule has 0 aliphatic rings. The lowest BCUT2D eigenvalue weighted by Crippen LogP contribution is -2.40. The number of nitrogens with one attached hydrogen (secondary N) is 2. The van der Waals surface area contributed by atoms with Crippen molar-refractivity contribution in [3.8, 4) is 0 Å². The van der Waals surface area contributed by atoms with E-state index < -0.39 is 0 Å². The second-order valence-electron chi connectivity index (χ2n) is 6.37. The first-order valence-corrected chi connectivity index (χ1v) is 9.68. The predicted octanol–water partition coefficient (Wildman–Crippen LogP) is 2.21. The van der Waals surface area contributed by atoms with Gasteiger partial charge in [-0.2, -0.15) is 0 Å². The third kappa shape index (κ3) is 6.19. The van der Waals surface area contributed by atoms with Gasteiger partial charge in [0.25, 0.3) is 0 Å². The van der Waals surface area contributed by atoms with Crippen LogP contribution in [0.25, 0.3) is 0 Å². The van der Waals surface area contributed by atoms with E-state index in [2.05, 4.69) is 49.4 Å². The monoisotopic (exact) mass is 377 g/mol. The SMILES string of the molecule is CCc1nncn1CCNC(=NCc1ccccc1)NCCc1ccccn1. The summed E-state index contributed by atoms with van der Waals surface area (Å²) in [5.41, 5.74) is 2.25. The number of rotatable bonds is 9. The molecule has 0 atom stereocenters. The molecule has 0 radical (unpaired) electrons. The lowest BCUT2D eigenvalue weighted by atomic mass is 10.2. The highest BCUT2D eigenvalue weighted by Gasteiger charge is 2.03. The Morgan fingerprint density at radius 1 is 1.04 bits per heavy atom. The van der Waals surface area contributed by atoms with E-state index in [0.717, 1.165) is 50.0 Å². The first-order chi connectivity index (χ1) is 13.8. The Kier molecular flexibility index (Phi) is 7.55. The van der Waals surface area contributed by atoms with Gasteiger partial charge in [0.15, 0.2) is 5.96 Å². The lowest BCUT2D eigenvalue weighted by molar-refractivity contribution is 0.631. The zero-order chi connectivity index (χ0) is 19.4. The first-order valence-electron chi connectivity index (χ1n) is 9.68. The zero-order valence-electron chi connectivity index (χ0n) is 16.3. The summed E-state index contributed by atoms with van der Waals surface area (Å²) in [5, 5.41) is 14.9. The van der Waals surface area contributed by atoms with Crippen LogP contribution in [0.2, 0.25) is 0 Å². The number of guanidine groups is 1. The number of aliphatic imine (C=N–C) groups is 1. The van der Waals surface area contributed by atoms with Crippen molar-refractivity contribution in [1.29, 1.82) is 0 Å². The van der Waals surface area contributed by atoms with Crippen LogP contribution in [0.15, 0.2) is 66.0 Å². The molecule has 0 saturated heterocycles. The van der Waals surface area contributed by atoms with E-state index in [1.54, 1.807) is 6.33 Å². The molecule has 7 nitrogen and oxygen atoms in total. The van der Waals surface area contributed by atoms with Crippen LogP contribution in [0.4, 0.5) is 0 Å². The first kappa shape index (κ1) is 19.5. The van der Waals surface area contributed by atoms with E-state index in [0.29, 0.717) is 6.54 Å². The van der Waals surface area contributed by atoms with Crippen LogP contribution >= 0.6 is 0 Å². The van der Waals surface area contributed by atoms with E-state index in [4.69, 9.17) is 4.99 Å². The van der Waals surface area contributed by atoms with E-state index in [1.165, 1.54) is 5.56 Å². The molecule has 0 spiro atoms. The van der Waals surface area contributed by atoms with Gasteiger partial charge in [0.1, 0.15) is 12.2 Å². The Labute approximate surface area is 166 Å². The summed E-state index contributed by atoms with van der Waals surface area (Å²) in [7, 11) is 0.